The number of anilines is 1. The molecule has 1 saturated heterocycles. The van der Waals surface area contributed by atoms with Crippen LogP contribution < -0.4 is 16.3 Å². The van der Waals surface area contributed by atoms with Crippen LogP contribution in [0, 0.1) is 18.6 Å². The molecule has 0 aliphatic carbocycles. The highest BCUT2D eigenvalue weighted by atomic mass is 19.1. The van der Waals surface area contributed by atoms with Crippen molar-refractivity contribution in [3.05, 3.63) is 100 Å². The molecule has 0 spiro atoms. The maximum Gasteiger partial charge on any atom is 0.323 e. The summed E-state index contributed by atoms with van der Waals surface area (Å²) in [6.45, 7) is 5.45. The Bertz CT molecular complexity index is 2010. The monoisotopic (exact) mass is 579 g/mol. The maximum atomic E-state index is 14.5. The summed E-state index contributed by atoms with van der Waals surface area (Å²) >= 11 is 0. The highest BCUT2D eigenvalue weighted by molar-refractivity contribution is 6.08. The second-order valence-corrected chi connectivity index (χ2v) is 11.4. The number of piperidine rings is 1. The van der Waals surface area contributed by atoms with E-state index in [-0.39, 0.29) is 17.8 Å². The van der Waals surface area contributed by atoms with Crippen molar-refractivity contribution >= 4 is 27.8 Å². The van der Waals surface area contributed by atoms with Crippen LogP contribution in [0.15, 0.2) is 71.9 Å². The van der Waals surface area contributed by atoms with Crippen molar-refractivity contribution in [2.75, 3.05) is 18.0 Å². The van der Waals surface area contributed by atoms with E-state index in [0.29, 0.717) is 35.2 Å². The van der Waals surface area contributed by atoms with E-state index in [1.807, 2.05) is 43.5 Å². The lowest BCUT2D eigenvalue weighted by molar-refractivity contribution is 0.502. The number of hydrogen-bond acceptors (Lipinski definition) is 5. The maximum absolute atomic E-state index is 14.5. The zero-order valence-electron chi connectivity index (χ0n) is 23.9. The molecule has 1 unspecified atom stereocenters. The number of aryl methyl sites for hydroxylation is 1. The molecule has 6 aromatic rings. The molecule has 1 aliphatic rings. The van der Waals surface area contributed by atoms with E-state index in [2.05, 4.69) is 32.6 Å². The van der Waals surface area contributed by atoms with Crippen molar-refractivity contribution < 1.29 is 8.78 Å². The van der Waals surface area contributed by atoms with E-state index in [1.54, 1.807) is 6.20 Å². The van der Waals surface area contributed by atoms with Gasteiger partial charge in [0, 0.05) is 54.9 Å². The van der Waals surface area contributed by atoms with Crippen LogP contribution in [0.4, 0.5) is 14.5 Å². The molecule has 1 aliphatic heterocycles. The first-order valence-corrected chi connectivity index (χ1v) is 14.4. The standard InChI is InChI=1S/C33H31F2N7O/c1-18-3-5-27(37-15-18)19(2)42-17-26(20-4-6-28-29(13-20)40-33(43)39-28)30-31(41-9-7-24(36)8-10-41)25(16-38-32(30)42)21-11-22(34)14-23(35)12-21/h3-6,11-17,19,24H,7-10,36H2,1-2H3,(H2,39,40,43). The van der Waals surface area contributed by atoms with Crippen LogP contribution in [0.5, 0.6) is 0 Å². The lowest BCUT2D eigenvalue weighted by Crippen LogP contribution is -2.40. The molecule has 0 bridgehead atoms. The van der Waals surface area contributed by atoms with Crippen molar-refractivity contribution in [1.29, 1.82) is 0 Å². The van der Waals surface area contributed by atoms with Gasteiger partial charge >= 0.3 is 5.69 Å². The molecule has 4 N–H and O–H groups in total. The highest BCUT2D eigenvalue weighted by Gasteiger charge is 2.28. The summed E-state index contributed by atoms with van der Waals surface area (Å²) in [7, 11) is 0. The van der Waals surface area contributed by atoms with Crippen molar-refractivity contribution in [2.45, 2.75) is 38.8 Å². The summed E-state index contributed by atoms with van der Waals surface area (Å²) in [5.41, 5.74) is 13.7. The molecule has 2 aromatic carbocycles. The van der Waals surface area contributed by atoms with Gasteiger partial charge in [-0.2, -0.15) is 0 Å². The summed E-state index contributed by atoms with van der Waals surface area (Å²) < 4.78 is 31.2. The summed E-state index contributed by atoms with van der Waals surface area (Å²) in [5, 5.41) is 0.855. The molecule has 0 saturated carbocycles. The van der Waals surface area contributed by atoms with E-state index in [4.69, 9.17) is 15.7 Å². The molecule has 5 heterocycles. The summed E-state index contributed by atoms with van der Waals surface area (Å²) in [6.07, 6.45) is 7.20. The number of fused-ring (bicyclic) bond motifs is 2. The van der Waals surface area contributed by atoms with Gasteiger partial charge in [0.25, 0.3) is 0 Å². The first-order valence-electron chi connectivity index (χ1n) is 14.4. The van der Waals surface area contributed by atoms with Crippen molar-refractivity contribution in [3.63, 3.8) is 0 Å². The average Bonchev–Trinajstić information content (AvgIpc) is 3.56. The fourth-order valence-electron chi connectivity index (χ4n) is 6.16. The third-order valence-corrected chi connectivity index (χ3v) is 8.45. The Morgan fingerprint density at radius 3 is 2.37 bits per heavy atom. The van der Waals surface area contributed by atoms with Crippen LogP contribution in [0.3, 0.4) is 0 Å². The number of aromatic nitrogens is 5. The van der Waals surface area contributed by atoms with E-state index >= 15 is 0 Å². The fraction of sp³-hybridized carbons (Fsp3) is 0.242. The van der Waals surface area contributed by atoms with Gasteiger partial charge in [-0.05, 0) is 73.7 Å². The molecule has 43 heavy (non-hydrogen) atoms. The number of pyridine rings is 2. The van der Waals surface area contributed by atoms with Gasteiger partial charge in [-0.15, -0.1) is 0 Å². The zero-order valence-corrected chi connectivity index (χ0v) is 23.9. The number of imidazole rings is 1. The van der Waals surface area contributed by atoms with Gasteiger partial charge in [0.2, 0.25) is 0 Å². The Morgan fingerprint density at radius 1 is 0.907 bits per heavy atom. The first-order chi connectivity index (χ1) is 20.7. The van der Waals surface area contributed by atoms with Crippen LogP contribution >= 0.6 is 0 Å². The molecule has 0 amide bonds. The normalized spacial score (nSPS) is 15.0. The predicted octanol–water partition coefficient (Wildman–Crippen LogP) is 6.06. The van der Waals surface area contributed by atoms with Crippen molar-refractivity contribution in [1.82, 2.24) is 24.5 Å². The van der Waals surface area contributed by atoms with Gasteiger partial charge in [0.05, 0.1) is 33.8 Å². The minimum atomic E-state index is -0.652. The first kappa shape index (κ1) is 27.0. The number of rotatable bonds is 5. The van der Waals surface area contributed by atoms with Gasteiger partial charge in [0.1, 0.15) is 17.3 Å². The minimum absolute atomic E-state index is 0.0909. The second-order valence-electron chi connectivity index (χ2n) is 11.4. The fourth-order valence-corrected chi connectivity index (χ4v) is 6.16. The van der Waals surface area contributed by atoms with Crippen LogP contribution in [0.1, 0.15) is 37.1 Å². The Labute approximate surface area is 246 Å². The number of nitrogens with two attached hydrogens (primary N) is 1. The van der Waals surface area contributed by atoms with Gasteiger partial charge in [-0.3, -0.25) is 4.98 Å². The quantitative estimate of drug-likeness (QED) is 0.230. The molecule has 7 rings (SSSR count). The number of hydrogen-bond donors (Lipinski definition) is 3. The van der Waals surface area contributed by atoms with Crippen LogP contribution in [0.25, 0.3) is 44.3 Å². The average molecular weight is 580 g/mol. The van der Waals surface area contributed by atoms with Crippen molar-refractivity contribution in [2.24, 2.45) is 5.73 Å². The Kier molecular flexibility index (Phi) is 6.58. The Balaban J connectivity index is 1.54. The molecule has 8 nitrogen and oxygen atoms in total. The van der Waals surface area contributed by atoms with Gasteiger partial charge in [0.15, 0.2) is 0 Å². The number of nitrogens with one attached hydrogen (secondary N) is 2. The van der Waals surface area contributed by atoms with E-state index in [1.165, 1.54) is 12.1 Å². The molecule has 1 fully saturated rings. The van der Waals surface area contributed by atoms with Crippen molar-refractivity contribution in [3.8, 4) is 22.3 Å². The molecular weight excluding hydrogens is 548 g/mol. The molecule has 218 valence electrons. The van der Waals surface area contributed by atoms with Gasteiger partial charge in [-0.1, -0.05) is 12.1 Å². The number of halogens is 2. The molecule has 10 heteroatoms. The minimum Gasteiger partial charge on any atom is -0.370 e. The summed E-state index contributed by atoms with van der Waals surface area (Å²) in [4.78, 5) is 29.6. The third-order valence-electron chi connectivity index (χ3n) is 8.45. The number of nitrogens with zero attached hydrogens (tertiary/aromatic N) is 4. The molecule has 1 atom stereocenters. The zero-order chi connectivity index (χ0) is 29.8. The van der Waals surface area contributed by atoms with E-state index < -0.39 is 11.6 Å². The Morgan fingerprint density at radius 2 is 1.65 bits per heavy atom. The lowest BCUT2D eigenvalue weighted by Gasteiger charge is -2.34. The third kappa shape index (κ3) is 4.87. The van der Waals surface area contributed by atoms with E-state index in [0.717, 1.165) is 58.0 Å². The molecule has 0 radical (unpaired) electrons. The largest absolute Gasteiger partial charge is 0.370 e. The van der Waals surface area contributed by atoms with Crippen LogP contribution in [0.2, 0.25) is 0 Å². The highest BCUT2D eigenvalue weighted by Crippen LogP contribution is 2.45. The smallest absolute Gasteiger partial charge is 0.323 e. The molecule has 4 aromatic heterocycles. The van der Waals surface area contributed by atoms with Crippen LogP contribution in [-0.2, 0) is 0 Å². The second kappa shape index (κ2) is 10.5. The van der Waals surface area contributed by atoms with Gasteiger partial charge in [-0.25, -0.2) is 18.6 Å². The molecular formula is C33H31F2N7O. The lowest BCUT2D eigenvalue weighted by atomic mass is 9.96. The summed E-state index contributed by atoms with van der Waals surface area (Å²) in [6, 6.07) is 13.3. The summed E-state index contributed by atoms with van der Waals surface area (Å²) in [5.74, 6) is -1.30. The predicted molar refractivity (Wildman–Crippen MR) is 165 cm³/mol. The topological polar surface area (TPSA) is 109 Å². The SMILES string of the molecule is Cc1ccc(C(C)n2cc(-c3ccc4[nH]c(=O)[nH]c4c3)c3c(N4CCC(N)CC4)c(-c4cc(F)cc(F)c4)cnc32)nc1. The number of H-pyrrole nitrogens is 2. The number of aromatic amines is 2. The Hall–Kier alpha value is -4.83. The number of benzene rings is 2. The van der Waals surface area contributed by atoms with E-state index in [9.17, 15) is 13.6 Å². The van der Waals surface area contributed by atoms with Gasteiger partial charge < -0.3 is 25.2 Å². The van der Waals surface area contributed by atoms with Crippen LogP contribution in [-0.4, -0.2) is 43.6 Å².